The Morgan fingerprint density at radius 2 is 1.90 bits per heavy atom. The van der Waals surface area contributed by atoms with E-state index >= 15 is 0 Å². The minimum absolute atomic E-state index is 0.0323. The Balaban J connectivity index is 2.58. The largest absolute Gasteiger partial charge is 0.385 e. The van der Waals surface area contributed by atoms with Crippen LogP contribution in [0.5, 0.6) is 0 Å². The van der Waals surface area contributed by atoms with Gasteiger partial charge in [-0.25, -0.2) is 0 Å². The van der Waals surface area contributed by atoms with Crippen molar-refractivity contribution >= 4 is 11.8 Å². The Kier molecular flexibility index (Phi) is 6.61. The summed E-state index contributed by atoms with van der Waals surface area (Å²) in [5.41, 5.74) is -0.835. The lowest BCUT2D eigenvalue weighted by Gasteiger charge is -2.45. The molecule has 2 amide bonds. The van der Waals surface area contributed by atoms with Crippen LogP contribution in [0.2, 0.25) is 0 Å². The van der Waals surface area contributed by atoms with Crippen LogP contribution in [0.25, 0.3) is 0 Å². The normalized spacial score (nSPS) is 21.8. The Morgan fingerprint density at radius 1 is 1.24 bits per heavy atom. The molecule has 0 aromatic heterocycles. The average molecular weight is 300 g/mol. The van der Waals surface area contributed by atoms with E-state index in [1.165, 1.54) is 0 Å². The van der Waals surface area contributed by atoms with Gasteiger partial charge in [0.05, 0.1) is 6.61 Å². The number of hydrogen-bond acceptors (Lipinski definition) is 4. The lowest BCUT2D eigenvalue weighted by molar-refractivity contribution is -0.157. The molecular formula is C15H28N2O4. The molecule has 1 aliphatic heterocycles. The first kappa shape index (κ1) is 17.9. The van der Waals surface area contributed by atoms with E-state index in [1.54, 1.807) is 25.9 Å². The zero-order valence-corrected chi connectivity index (χ0v) is 13.8. The van der Waals surface area contributed by atoms with E-state index in [2.05, 4.69) is 5.32 Å². The molecule has 1 fully saturated rings. The van der Waals surface area contributed by atoms with Crippen molar-refractivity contribution in [2.24, 2.45) is 5.92 Å². The van der Waals surface area contributed by atoms with Crippen LogP contribution in [0, 0.1) is 5.92 Å². The van der Waals surface area contributed by atoms with E-state index in [0.29, 0.717) is 26.4 Å². The highest BCUT2D eigenvalue weighted by molar-refractivity contribution is 5.99. The van der Waals surface area contributed by atoms with Gasteiger partial charge in [0.1, 0.15) is 11.6 Å². The molecule has 0 saturated carbocycles. The van der Waals surface area contributed by atoms with E-state index < -0.39 is 11.6 Å². The van der Waals surface area contributed by atoms with Crippen molar-refractivity contribution in [3.8, 4) is 0 Å². The minimum atomic E-state index is -0.835. The van der Waals surface area contributed by atoms with Crippen molar-refractivity contribution < 1.29 is 19.1 Å². The van der Waals surface area contributed by atoms with Gasteiger partial charge in [-0.3, -0.25) is 9.59 Å². The van der Waals surface area contributed by atoms with Gasteiger partial charge in [-0.15, -0.1) is 0 Å². The Morgan fingerprint density at radius 3 is 2.48 bits per heavy atom. The average Bonchev–Trinajstić information content (AvgIpc) is 2.41. The standard InChI is InChI=1S/C15H28N2O4/c1-11(2)12-13(18)17(15(3,4)14(19)16-12)7-10-21-9-6-8-20-5/h11-12H,6-10H2,1-5H3,(H,16,19). The predicted molar refractivity (Wildman–Crippen MR) is 79.9 cm³/mol. The van der Waals surface area contributed by atoms with Crippen LogP contribution in [0.3, 0.4) is 0 Å². The van der Waals surface area contributed by atoms with Crippen LogP contribution < -0.4 is 5.32 Å². The van der Waals surface area contributed by atoms with Crippen molar-refractivity contribution in [2.45, 2.75) is 45.7 Å². The van der Waals surface area contributed by atoms with Gasteiger partial charge in [0.2, 0.25) is 11.8 Å². The van der Waals surface area contributed by atoms with Crippen molar-refractivity contribution in [3.05, 3.63) is 0 Å². The van der Waals surface area contributed by atoms with Gasteiger partial charge in [-0.2, -0.15) is 0 Å². The van der Waals surface area contributed by atoms with Crippen LogP contribution in [-0.2, 0) is 19.1 Å². The quantitative estimate of drug-likeness (QED) is 0.673. The molecule has 0 aliphatic carbocycles. The summed E-state index contributed by atoms with van der Waals surface area (Å²) < 4.78 is 10.5. The molecule has 1 atom stereocenters. The monoisotopic (exact) mass is 300 g/mol. The Hall–Kier alpha value is -1.14. The van der Waals surface area contributed by atoms with Gasteiger partial charge in [0, 0.05) is 26.9 Å². The lowest BCUT2D eigenvalue weighted by atomic mass is 9.91. The minimum Gasteiger partial charge on any atom is -0.385 e. The summed E-state index contributed by atoms with van der Waals surface area (Å²) in [4.78, 5) is 26.4. The van der Waals surface area contributed by atoms with E-state index in [9.17, 15) is 9.59 Å². The van der Waals surface area contributed by atoms with Gasteiger partial charge < -0.3 is 19.7 Å². The number of methoxy groups -OCH3 is 1. The molecule has 1 N–H and O–H groups in total. The smallest absolute Gasteiger partial charge is 0.246 e. The van der Waals surface area contributed by atoms with Crippen molar-refractivity contribution in [1.29, 1.82) is 0 Å². The van der Waals surface area contributed by atoms with Crippen LogP contribution in [0.1, 0.15) is 34.1 Å². The summed E-state index contributed by atoms with van der Waals surface area (Å²) in [5.74, 6) is -0.0713. The summed E-state index contributed by atoms with van der Waals surface area (Å²) in [6.45, 7) is 9.50. The van der Waals surface area contributed by atoms with E-state index in [4.69, 9.17) is 9.47 Å². The molecule has 1 unspecified atom stereocenters. The van der Waals surface area contributed by atoms with Crippen LogP contribution in [0.4, 0.5) is 0 Å². The number of amides is 2. The fourth-order valence-electron chi connectivity index (χ4n) is 2.35. The number of carbonyl (C=O) groups is 2. The van der Waals surface area contributed by atoms with Crippen LogP contribution in [0.15, 0.2) is 0 Å². The summed E-state index contributed by atoms with van der Waals surface area (Å²) in [5, 5.41) is 2.82. The second-order valence-corrected chi connectivity index (χ2v) is 6.20. The van der Waals surface area contributed by atoms with Crippen LogP contribution in [-0.4, -0.2) is 61.8 Å². The van der Waals surface area contributed by atoms with Crippen LogP contribution >= 0.6 is 0 Å². The molecule has 6 nitrogen and oxygen atoms in total. The first-order chi connectivity index (χ1) is 9.82. The third-order valence-corrected chi connectivity index (χ3v) is 3.81. The third-order valence-electron chi connectivity index (χ3n) is 3.81. The number of nitrogens with zero attached hydrogens (tertiary/aromatic N) is 1. The molecule has 122 valence electrons. The molecule has 0 spiro atoms. The number of piperazine rings is 1. The van der Waals surface area contributed by atoms with Gasteiger partial charge >= 0.3 is 0 Å². The molecule has 0 radical (unpaired) electrons. The van der Waals surface area contributed by atoms with Gasteiger partial charge in [-0.05, 0) is 26.2 Å². The van der Waals surface area contributed by atoms with Gasteiger partial charge in [-0.1, -0.05) is 13.8 Å². The van der Waals surface area contributed by atoms with E-state index in [0.717, 1.165) is 6.42 Å². The highest BCUT2D eigenvalue weighted by atomic mass is 16.5. The highest BCUT2D eigenvalue weighted by Gasteiger charge is 2.46. The number of nitrogens with one attached hydrogen (secondary N) is 1. The Labute approximate surface area is 127 Å². The second-order valence-electron chi connectivity index (χ2n) is 6.20. The maximum Gasteiger partial charge on any atom is 0.246 e. The Bertz CT molecular complexity index is 369. The molecule has 1 rings (SSSR count). The topological polar surface area (TPSA) is 67.9 Å². The first-order valence-electron chi connectivity index (χ1n) is 7.51. The summed E-state index contributed by atoms with van der Waals surface area (Å²) in [6.07, 6.45) is 0.822. The molecule has 6 heteroatoms. The maximum atomic E-state index is 12.5. The summed E-state index contributed by atoms with van der Waals surface area (Å²) in [7, 11) is 1.65. The molecule has 1 heterocycles. The van der Waals surface area contributed by atoms with Gasteiger partial charge in [0.15, 0.2) is 0 Å². The SMILES string of the molecule is COCCCOCCN1C(=O)C(C(C)C)NC(=O)C1(C)C. The highest BCUT2D eigenvalue weighted by Crippen LogP contribution is 2.23. The zero-order chi connectivity index (χ0) is 16.0. The molecule has 1 saturated heterocycles. The molecule has 0 aromatic rings. The molecule has 1 aliphatic rings. The third kappa shape index (κ3) is 4.41. The summed E-state index contributed by atoms with van der Waals surface area (Å²) in [6, 6.07) is -0.445. The second kappa shape index (κ2) is 7.75. The van der Waals surface area contributed by atoms with Crippen molar-refractivity contribution in [3.63, 3.8) is 0 Å². The van der Waals surface area contributed by atoms with Gasteiger partial charge in [0.25, 0.3) is 0 Å². The fraction of sp³-hybridized carbons (Fsp3) is 0.867. The molecule has 0 aromatic carbocycles. The number of carbonyl (C=O) groups excluding carboxylic acids is 2. The fourth-order valence-corrected chi connectivity index (χ4v) is 2.35. The molecule has 0 bridgehead atoms. The number of rotatable bonds is 8. The molecular weight excluding hydrogens is 272 g/mol. The summed E-state index contributed by atoms with van der Waals surface area (Å²) >= 11 is 0. The molecule has 21 heavy (non-hydrogen) atoms. The predicted octanol–water partition coefficient (Wildman–Crippen LogP) is 0.801. The number of ether oxygens (including phenoxy) is 2. The van der Waals surface area contributed by atoms with Crippen molar-refractivity contribution in [1.82, 2.24) is 10.2 Å². The number of hydrogen-bond donors (Lipinski definition) is 1. The zero-order valence-electron chi connectivity index (χ0n) is 13.8. The lowest BCUT2D eigenvalue weighted by Crippen LogP contribution is -2.69. The van der Waals surface area contributed by atoms with Crippen molar-refractivity contribution in [2.75, 3.05) is 33.5 Å². The van der Waals surface area contributed by atoms with E-state index in [1.807, 2.05) is 13.8 Å². The first-order valence-corrected chi connectivity index (χ1v) is 7.51. The maximum absolute atomic E-state index is 12.5. The van der Waals surface area contributed by atoms with E-state index in [-0.39, 0.29) is 17.7 Å².